The number of carbonyl (C=O) groups excluding carboxylic acids is 1. The standard InChI is InChI=1S/C7H7ClO3/c1-5-2-3-6(11-5)4-10-7(8)9/h2-3H,4H2,1H3. The van der Waals surface area contributed by atoms with Gasteiger partial charge in [0.25, 0.3) is 0 Å². The summed E-state index contributed by atoms with van der Waals surface area (Å²) < 4.78 is 9.57. The molecule has 1 aromatic heterocycles. The zero-order valence-electron chi connectivity index (χ0n) is 5.96. The molecule has 0 bridgehead atoms. The van der Waals surface area contributed by atoms with Crippen molar-refractivity contribution < 1.29 is 13.9 Å². The molecule has 0 aliphatic rings. The normalized spacial score (nSPS) is 9.64. The van der Waals surface area contributed by atoms with Crippen LogP contribution in [0.3, 0.4) is 0 Å². The van der Waals surface area contributed by atoms with Crippen LogP contribution in [-0.2, 0) is 11.3 Å². The van der Waals surface area contributed by atoms with Crippen molar-refractivity contribution in [3.63, 3.8) is 0 Å². The Labute approximate surface area is 68.9 Å². The zero-order chi connectivity index (χ0) is 8.27. The Hall–Kier alpha value is -0.960. The van der Waals surface area contributed by atoms with Crippen LogP contribution in [0.15, 0.2) is 16.5 Å². The lowest BCUT2D eigenvalue weighted by Gasteiger charge is -1.94. The van der Waals surface area contributed by atoms with Crippen LogP contribution in [0.5, 0.6) is 0 Å². The second kappa shape index (κ2) is 3.44. The maximum Gasteiger partial charge on any atom is 0.404 e. The van der Waals surface area contributed by atoms with E-state index in [1.54, 1.807) is 12.1 Å². The molecule has 0 N–H and O–H groups in total. The average Bonchev–Trinajstić information content (AvgIpc) is 2.31. The molecule has 0 saturated carbocycles. The second-order valence-corrected chi connectivity index (χ2v) is 2.35. The van der Waals surface area contributed by atoms with E-state index in [1.807, 2.05) is 6.92 Å². The molecule has 4 heteroatoms. The molecule has 11 heavy (non-hydrogen) atoms. The van der Waals surface area contributed by atoms with Crippen molar-refractivity contribution in [2.75, 3.05) is 0 Å². The fraction of sp³-hybridized carbons (Fsp3) is 0.286. The SMILES string of the molecule is Cc1ccc(COC(=O)Cl)o1. The highest BCUT2D eigenvalue weighted by Gasteiger charge is 2.00. The van der Waals surface area contributed by atoms with Crippen molar-refractivity contribution >= 4 is 17.0 Å². The highest BCUT2D eigenvalue weighted by atomic mass is 35.5. The first-order valence-electron chi connectivity index (χ1n) is 3.06. The van der Waals surface area contributed by atoms with E-state index >= 15 is 0 Å². The van der Waals surface area contributed by atoms with Crippen LogP contribution in [0.25, 0.3) is 0 Å². The number of halogens is 1. The molecular formula is C7H7ClO3. The van der Waals surface area contributed by atoms with Gasteiger partial charge in [-0.2, -0.15) is 0 Å². The first-order valence-corrected chi connectivity index (χ1v) is 3.44. The Kier molecular flexibility index (Phi) is 2.54. The predicted molar refractivity (Wildman–Crippen MR) is 39.5 cm³/mol. The van der Waals surface area contributed by atoms with Crippen molar-refractivity contribution in [2.45, 2.75) is 13.5 Å². The van der Waals surface area contributed by atoms with Crippen LogP contribution in [0.2, 0.25) is 0 Å². The lowest BCUT2D eigenvalue weighted by atomic mass is 10.4. The Morgan fingerprint density at radius 2 is 2.45 bits per heavy atom. The van der Waals surface area contributed by atoms with E-state index < -0.39 is 5.43 Å². The molecule has 1 rings (SSSR count). The summed E-state index contributed by atoms with van der Waals surface area (Å²) in [6.45, 7) is 1.90. The summed E-state index contributed by atoms with van der Waals surface area (Å²) in [5.74, 6) is 1.38. The Morgan fingerprint density at radius 3 is 2.91 bits per heavy atom. The number of hydrogen-bond acceptors (Lipinski definition) is 3. The van der Waals surface area contributed by atoms with Gasteiger partial charge in [0.2, 0.25) is 0 Å². The molecule has 3 nitrogen and oxygen atoms in total. The van der Waals surface area contributed by atoms with E-state index in [4.69, 9.17) is 16.0 Å². The van der Waals surface area contributed by atoms with E-state index in [-0.39, 0.29) is 6.61 Å². The van der Waals surface area contributed by atoms with Crippen LogP contribution >= 0.6 is 11.6 Å². The predicted octanol–water partition coefficient (Wildman–Crippen LogP) is 2.46. The monoisotopic (exact) mass is 174 g/mol. The third-order valence-corrected chi connectivity index (χ3v) is 1.23. The van der Waals surface area contributed by atoms with Gasteiger partial charge in [0.1, 0.15) is 11.5 Å². The summed E-state index contributed by atoms with van der Waals surface area (Å²) in [6, 6.07) is 3.52. The fourth-order valence-electron chi connectivity index (χ4n) is 0.691. The minimum Gasteiger partial charge on any atom is -0.463 e. The minimum absolute atomic E-state index is 0.0934. The third-order valence-electron chi connectivity index (χ3n) is 1.12. The van der Waals surface area contributed by atoms with E-state index in [9.17, 15) is 4.79 Å². The van der Waals surface area contributed by atoms with Crippen molar-refractivity contribution in [3.8, 4) is 0 Å². The van der Waals surface area contributed by atoms with Gasteiger partial charge in [0.05, 0.1) is 0 Å². The van der Waals surface area contributed by atoms with Gasteiger partial charge in [-0.25, -0.2) is 4.79 Å². The first kappa shape index (κ1) is 8.14. The molecule has 0 atom stereocenters. The molecule has 60 valence electrons. The Morgan fingerprint density at radius 1 is 1.73 bits per heavy atom. The van der Waals surface area contributed by atoms with E-state index in [2.05, 4.69) is 4.74 Å². The summed E-state index contributed by atoms with van der Waals surface area (Å²) in [4.78, 5) is 10.1. The van der Waals surface area contributed by atoms with Gasteiger partial charge in [0, 0.05) is 11.6 Å². The van der Waals surface area contributed by atoms with Gasteiger partial charge in [-0.1, -0.05) is 0 Å². The van der Waals surface area contributed by atoms with Crippen LogP contribution in [0, 0.1) is 6.92 Å². The summed E-state index contributed by atoms with van der Waals surface area (Å²) in [5.41, 5.74) is -0.820. The number of furan rings is 1. The summed E-state index contributed by atoms with van der Waals surface area (Å²) in [5, 5.41) is 0. The van der Waals surface area contributed by atoms with E-state index in [1.165, 1.54) is 0 Å². The Bertz CT molecular complexity index is 254. The van der Waals surface area contributed by atoms with Crippen molar-refractivity contribution in [2.24, 2.45) is 0 Å². The van der Waals surface area contributed by atoms with E-state index in [0.717, 1.165) is 5.76 Å². The molecule has 0 saturated heterocycles. The average molecular weight is 175 g/mol. The lowest BCUT2D eigenvalue weighted by Crippen LogP contribution is -1.92. The lowest BCUT2D eigenvalue weighted by molar-refractivity contribution is 0.157. The number of carbonyl (C=O) groups is 1. The smallest absolute Gasteiger partial charge is 0.404 e. The quantitative estimate of drug-likeness (QED) is 0.647. The van der Waals surface area contributed by atoms with Gasteiger partial charge < -0.3 is 9.15 Å². The summed E-state index contributed by atoms with van der Waals surface area (Å²) >= 11 is 4.93. The van der Waals surface area contributed by atoms with Gasteiger partial charge in [-0.05, 0) is 19.1 Å². The topological polar surface area (TPSA) is 39.4 Å². The van der Waals surface area contributed by atoms with Gasteiger partial charge >= 0.3 is 5.43 Å². The van der Waals surface area contributed by atoms with Crippen LogP contribution < -0.4 is 0 Å². The number of rotatable bonds is 2. The molecule has 0 aliphatic heterocycles. The van der Waals surface area contributed by atoms with Gasteiger partial charge in [0.15, 0.2) is 6.61 Å². The van der Waals surface area contributed by atoms with Crippen LogP contribution in [-0.4, -0.2) is 5.43 Å². The molecule has 0 spiro atoms. The van der Waals surface area contributed by atoms with Crippen molar-refractivity contribution in [3.05, 3.63) is 23.7 Å². The molecule has 0 unspecified atom stereocenters. The molecule has 0 aromatic carbocycles. The van der Waals surface area contributed by atoms with Crippen LogP contribution in [0.1, 0.15) is 11.5 Å². The van der Waals surface area contributed by atoms with Crippen LogP contribution in [0.4, 0.5) is 4.79 Å². The van der Waals surface area contributed by atoms with Gasteiger partial charge in [-0.15, -0.1) is 0 Å². The Balaban J connectivity index is 2.45. The number of aryl methyl sites for hydroxylation is 1. The largest absolute Gasteiger partial charge is 0.463 e. The summed E-state index contributed by atoms with van der Waals surface area (Å²) in [6.07, 6.45) is 0. The third kappa shape index (κ3) is 2.63. The van der Waals surface area contributed by atoms with E-state index in [0.29, 0.717) is 5.76 Å². The van der Waals surface area contributed by atoms with Crippen molar-refractivity contribution in [1.82, 2.24) is 0 Å². The fourth-order valence-corrected chi connectivity index (χ4v) is 0.745. The molecule has 0 fully saturated rings. The molecule has 0 amide bonds. The number of ether oxygens (including phenoxy) is 1. The van der Waals surface area contributed by atoms with Crippen molar-refractivity contribution in [1.29, 1.82) is 0 Å². The molecule has 0 aliphatic carbocycles. The molecule has 1 heterocycles. The highest BCUT2D eigenvalue weighted by Crippen LogP contribution is 2.07. The first-order chi connectivity index (χ1) is 5.18. The molecule has 0 radical (unpaired) electrons. The molecular weight excluding hydrogens is 168 g/mol. The summed E-state index contributed by atoms with van der Waals surface area (Å²) in [7, 11) is 0. The minimum atomic E-state index is -0.820. The highest BCUT2D eigenvalue weighted by molar-refractivity contribution is 6.61. The second-order valence-electron chi connectivity index (χ2n) is 2.04. The zero-order valence-corrected chi connectivity index (χ0v) is 6.72. The molecule has 1 aromatic rings. The maximum atomic E-state index is 10.1. The van der Waals surface area contributed by atoms with Gasteiger partial charge in [-0.3, -0.25) is 0 Å². The number of hydrogen-bond donors (Lipinski definition) is 0. The maximum absolute atomic E-state index is 10.1.